The molecule has 0 aromatic heterocycles. The SMILES string of the molecule is CC(C)NC(C#N)CCOc1ccc(C(C)C)cc1. The molecule has 19 heavy (non-hydrogen) atoms. The van der Waals surface area contributed by atoms with Crippen LogP contribution in [0.5, 0.6) is 5.75 Å². The van der Waals surface area contributed by atoms with Crippen LogP contribution in [0.1, 0.15) is 45.6 Å². The van der Waals surface area contributed by atoms with Crippen molar-refractivity contribution >= 4 is 0 Å². The van der Waals surface area contributed by atoms with E-state index in [1.54, 1.807) is 0 Å². The maximum absolute atomic E-state index is 9.00. The van der Waals surface area contributed by atoms with E-state index in [-0.39, 0.29) is 6.04 Å². The van der Waals surface area contributed by atoms with Gasteiger partial charge in [0.15, 0.2) is 0 Å². The van der Waals surface area contributed by atoms with Gasteiger partial charge in [0.1, 0.15) is 5.75 Å². The molecule has 1 unspecified atom stereocenters. The van der Waals surface area contributed by atoms with Crippen molar-refractivity contribution in [3.63, 3.8) is 0 Å². The zero-order valence-electron chi connectivity index (χ0n) is 12.3. The lowest BCUT2D eigenvalue weighted by molar-refractivity contribution is 0.294. The van der Waals surface area contributed by atoms with Crippen LogP contribution < -0.4 is 10.1 Å². The second kappa shape index (κ2) is 7.81. The van der Waals surface area contributed by atoms with Crippen LogP contribution in [0.3, 0.4) is 0 Å². The molecular weight excluding hydrogens is 236 g/mol. The molecule has 0 aliphatic heterocycles. The van der Waals surface area contributed by atoms with E-state index in [4.69, 9.17) is 10.00 Å². The number of benzene rings is 1. The number of nitrogens with one attached hydrogen (secondary N) is 1. The van der Waals surface area contributed by atoms with Crippen LogP contribution in [0, 0.1) is 11.3 Å². The lowest BCUT2D eigenvalue weighted by Crippen LogP contribution is -2.34. The highest BCUT2D eigenvalue weighted by atomic mass is 16.5. The van der Waals surface area contributed by atoms with E-state index in [1.165, 1.54) is 5.56 Å². The monoisotopic (exact) mass is 260 g/mol. The third-order valence-corrected chi connectivity index (χ3v) is 2.91. The van der Waals surface area contributed by atoms with Gasteiger partial charge in [-0.05, 0) is 37.5 Å². The Morgan fingerprint density at radius 1 is 1.16 bits per heavy atom. The van der Waals surface area contributed by atoms with Crippen molar-refractivity contribution in [1.82, 2.24) is 5.32 Å². The molecule has 1 aromatic carbocycles. The predicted octanol–water partition coefficient (Wildman–Crippen LogP) is 3.47. The summed E-state index contributed by atoms with van der Waals surface area (Å²) in [6.45, 7) is 8.97. The van der Waals surface area contributed by atoms with Crippen LogP contribution in [0.2, 0.25) is 0 Å². The van der Waals surface area contributed by atoms with Gasteiger partial charge in [0, 0.05) is 12.5 Å². The Labute approximate surface area is 116 Å². The Kier molecular flexibility index (Phi) is 6.38. The minimum Gasteiger partial charge on any atom is -0.493 e. The van der Waals surface area contributed by atoms with E-state index < -0.39 is 0 Å². The summed E-state index contributed by atoms with van der Waals surface area (Å²) in [6, 6.07) is 10.6. The van der Waals surface area contributed by atoms with Gasteiger partial charge in [-0.3, -0.25) is 5.32 Å². The normalized spacial score (nSPS) is 12.5. The minimum atomic E-state index is -0.144. The first-order valence-corrected chi connectivity index (χ1v) is 6.91. The first-order valence-electron chi connectivity index (χ1n) is 6.91. The number of nitriles is 1. The van der Waals surface area contributed by atoms with Gasteiger partial charge in [0.05, 0.1) is 18.7 Å². The lowest BCUT2D eigenvalue weighted by Gasteiger charge is -2.15. The van der Waals surface area contributed by atoms with Crippen LogP contribution in [0.15, 0.2) is 24.3 Å². The Hall–Kier alpha value is -1.53. The molecule has 0 saturated carbocycles. The minimum absolute atomic E-state index is 0.144. The smallest absolute Gasteiger partial charge is 0.119 e. The first kappa shape index (κ1) is 15.5. The van der Waals surface area contributed by atoms with E-state index in [0.717, 1.165) is 5.75 Å². The van der Waals surface area contributed by atoms with Crippen molar-refractivity contribution in [2.45, 2.75) is 52.1 Å². The molecule has 3 heteroatoms. The summed E-state index contributed by atoms with van der Waals surface area (Å²) in [4.78, 5) is 0. The number of hydrogen-bond donors (Lipinski definition) is 1. The van der Waals surface area contributed by atoms with E-state index in [0.29, 0.717) is 25.0 Å². The Morgan fingerprint density at radius 3 is 2.26 bits per heavy atom. The third-order valence-electron chi connectivity index (χ3n) is 2.91. The molecular formula is C16H24N2O. The topological polar surface area (TPSA) is 45.0 Å². The highest BCUT2D eigenvalue weighted by Crippen LogP contribution is 2.18. The number of rotatable bonds is 7. The highest BCUT2D eigenvalue weighted by molar-refractivity contribution is 5.28. The summed E-state index contributed by atoms with van der Waals surface area (Å²) in [7, 11) is 0. The summed E-state index contributed by atoms with van der Waals surface area (Å²) in [5.41, 5.74) is 1.31. The van der Waals surface area contributed by atoms with Gasteiger partial charge in [-0.15, -0.1) is 0 Å². The second-order valence-electron chi connectivity index (χ2n) is 5.36. The van der Waals surface area contributed by atoms with Crippen LogP contribution in [-0.4, -0.2) is 18.7 Å². The van der Waals surface area contributed by atoms with Crippen molar-refractivity contribution in [2.75, 3.05) is 6.61 Å². The third kappa shape index (κ3) is 5.76. The van der Waals surface area contributed by atoms with E-state index in [2.05, 4.69) is 37.4 Å². The lowest BCUT2D eigenvalue weighted by atomic mass is 10.0. The van der Waals surface area contributed by atoms with E-state index in [1.807, 2.05) is 26.0 Å². The van der Waals surface area contributed by atoms with Gasteiger partial charge < -0.3 is 4.74 Å². The molecule has 0 aliphatic rings. The molecule has 3 nitrogen and oxygen atoms in total. The first-order chi connectivity index (χ1) is 9.02. The molecule has 0 bridgehead atoms. The average molecular weight is 260 g/mol. The Morgan fingerprint density at radius 2 is 1.79 bits per heavy atom. The van der Waals surface area contributed by atoms with Gasteiger partial charge in [-0.2, -0.15) is 5.26 Å². The summed E-state index contributed by atoms with van der Waals surface area (Å²) >= 11 is 0. The van der Waals surface area contributed by atoms with Gasteiger partial charge in [-0.25, -0.2) is 0 Å². The van der Waals surface area contributed by atoms with Gasteiger partial charge >= 0.3 is 0 Å². The zero-order chi connectivity index (χ0) is 14.3. The van der Waals surface area contributed by atoms with Crippen LogP contribution >= 0.6 is 0 Å². The molecule has 104 valence electrons. The predicted molar refractivity (Wildman–Crippen MR) is 78.3 cm³/mol. The summed E-state index contributed by atoms with van der Waals surface area (Å²) in [6.07, 6.45) is 0.695. The summed E-state index contributed by atoms with van der Waals surface area (Å²) in [5.74, 6) is 1.40. The number of nitrogens with zero attached hydrogens (tertiary/aromatic N) is 1. The summed E-state index contributed by atoms with van der Waals surface area (Å²) in [5, 5.41) is 12.2. The van der Waals surface area contributed by atoms with Crippen molar-refractivity contribution in [2.24, 2.45) is 0 Å². The summed E-state index contributed by atoms with van der Waals surface area (Å²) < 4.78 is 5.66. The fourth-order valence-electron chi connectivity index (χ4n) is 1.83. The molecule has 0 amide bonds. The van der Waals surface area contributed by atoms with Crippen LogP contribution in [0.4, 0.5) is 0 Å². The fraction of sp³-hybridized carbons (Fsp3) is 0.562. The van der Waals surface area contributed by atoms with Gasteiger partial charge in [0.2, 0.25) is 0 Å². The number of ether oxygens (including phenoxy) is 1. The molecule has 0 heterocycles. The van der Waals surface area contributed by atoms with Crippen LogP contribution in [0.25, 0.3) is 0 Å². The van der Waals surface area contributed by atoms with Crippen molar-refractivity contribution in [3.8, 4) is 11.8 Å². The maximum atomic E-state index is 9.00. The van der Waals surface area contributed by atoms with Crippen molar-refractivity contribution < 1.29 is 4.74 Å². The quantitative estimate of drug-likeness (QED) is 0.816. The Balaban J connectivity index is 2.38. The Bertz CT molecular complexity index is 404. The average Bonchev–Trinajstić information content (AvgIpc) is 2.37. The molecule has 1 atom stereocenters. The molecule has 0 aliphatic carbocycles. The van der Waals surface area contributed by atoms with Gasteiger partial charge in [-0.1, -0.05) is 26.0 Å². The van der Waals surface area contributed by atoms with Crippen LogP contribution in [-0.2, 0) is 0 Å². The van der Waals surface area contributed by atoms with E-state index in [9.17, 15) is 0 Å². The van der Waals surface area contributed by atoms with Gasteiger partial charge in [0.25, 0.3) is 0 Å². The molecule has 1 aromatic rings. The molecule has 0 radical (unpaired) electrons. The zero-order valence-corrected chi connectivity index (χ0v) is 12.3. The molecule has 0 spiro atoms. The van der Waals surface area contributed by atoms with E-state index >= 15 is 0 Å². The standard InChI is InChI=1S/C16H24N2O/c1-12(2)14-5-7-16(8-6-14)19-10-9-15(11-17)18-13(3)4/h5-8,12-13,15,18H,9-10H2,1-4H3. The fourth-order valence-corrected chi connectivity index (χ4v) is 1.83. The van der Waals surface area contributed by atoms with Crippen molar-refractivity contribution in [3.05, 3.63) is 29.8 Å². The molecule has 0 saturated heterocycles. The van der Waals surface area contributed by atoms with Crippen molar-refractivity contribution in [1.29, 1.82) is 5.26 Å². The number of hydrogen-bond acceptors (Lipinski definition) is 3. The second-order valence-corrected chi connectivity index (χ2v) is 5.36. The molecule has 0 fully saturated rings. The largest absolute Gasteiger partial charge is 0.493 e. The highest BCUT2D eigenvalue weighted by Gasteiger charge is 2.08. The molecule has 1 N–H and O–H groups in total. The maximum Gasteiger partial charge on any atom is 0.119 e. The molecule has 1 rings (SSSR count).